The zero-order valence-corrected chi connectivity index (χ0v) is 17.9. The number of carbonyl (C=O) groups excluding carboxylic acids is 2. The van der Waals surface area contributed by atoms with Gasteiger partial charge in [-0.1, -0.05) is 38.2 Å². The number of aromatic amines is 1. The number of rotatable bonds is 10. The van der Waals surface area contributed by atoms with Crippen LogP contribution in [0.4, 0.5) is 0 Å². The molecule has 1 aliphatic carbocycles. The largest absolute Gasteiger partial charge is 0.480 e. The topological polar surface area (TPSA) is 127 Å². The van der Waals surface area contributed by atoms with Gasteiger partial charge in [0.2, 0.25) is 11.8 Å². The summed E-state index contributed by atoms with van der Waals surface area (Å²) in [4.78, 5) is 45.6. The Morgan fingerprint density at radius 1 is 1.23 bits per heavy atom. The van der Waals surface area contributed by atoms with Crippen LogP contribution in [0.5, 0.6) is 0 Å². The number of hydrogen-bond donors (Lipinski definition) is 4. The Bertz CT molecular complexity index is 758. The Morgan fingerprint density at radius 2 is 2.03 bits per heavy atom. The average molecular weight is 432 g/mol. The first-order valence-corrected chi connectivity index (χ1v) is 11.2. The molecule has 31 heavy (non-hydrogen) atoms. The summed E-state index contributed by atoms with van der Waals surface area (Å²) in [7, 11) is 0. The zero-order chi connectivity index (χ0) is 22.1. The van der Waals surface area contributed by atoms with E-state index in [4.69, 9.17) is 5.11 Å². The van der Waals surface area contributed by atoms with E-state index in [1.807, 2.05) is 12.2 Å². The number of likely N-dealkylation sites (tertiary alicyclic amines) is 1. The Morgan fingerprint density at radius 3 is 2.74 bits per heavy atom. The van der Waals surface area contributed by atoms with Crippen molar-refractivity contribution < 1.29 is 19.5 Å². The summed E-state index contributed by atoms with van der Waals surface area (Å²) in [6.07, 6.45) is 14.6. The molecule has 1 saturated carbocycles. The monoisotopic (exact) mass is 431 g/mol. The molecule has 0 radical (unpaired) electrons. The van der Waals surface area contributed by atoms with Gasteiger partial charge in [-0.15, -0.1) is 0 Å². The van der Waals surface area contributed by atoms with Crippen LogP contribution in [0.15, 0.2) is 18.6 Å². The zero-order valence-electron chi connectivity index (χ0n) is 17.9. The van der Waals surface area contributed by atoms with Crippen molar-refractivity contribution in [3.63, 3.8) is 0 Å². The minimum absolute atomic E-state index is 0.155. The van der Waals surface area contributed by atoms with Crippen LogP contribution in [0.2, 0.25) is 0 Å². The second-order valence-electron chi connectivity index (χ2n) is 8.41. The first-order chi connectivity index (χ1) is 15.0. The van der Waals surface area contributed by atoms with Gasteiger partial charge in [0.05, 0.1) is 30.8 Å². The summed E-state index contributed by atoms with van der Waals surface area (Å²) in [6, 6.07) is -1.07. The summed E-state index contributed by atoms with van der Waals surface area (Å²) in [5.74, 6) is -0.889. The molecule has 0 spiro atoms. The molecular weight excluding hydrogens is 398 g/mol. The highest BCUT2D eigenvalue weighted by molar-refractivity contribution is 5.90. The predicted molar refractivity (Wildman–Crippen MR) is 116 cm³/mol. The van der Waals surface area contributed by atoms with Gasteiger partial charge in [0.25, 0.3) is 0 Å². The van der Waals surface area contributed by atoms with E-state index < -0.39 is 18.1 Å². The van der Waals surface area contributed by atoms with Crippen molar-refractivity contribution in [1.29, 1.82) is 0 Å². The Hall–Kier alpha value is -2.68. The standard InChI is InChI=1S/C22H33N5O4/c28-20(29)14-25-18(12-16-6-2-1-3-7-16)22(31)27-11-5-9-19(27)21(30)24-10-4-8-17-13-23-15-26-17/h4,8,13,15-16,18-19,25H,1-3,5-7,9-12,14H2,(H,23,26)(H,24,30)(H,28,29)/b8-4+/t18-,19+/m1/s1. The van der Waals surface area contributed by atoms with Crippen LogP contribution < -0.4 is 10.6 Å². The fourth-order valence-electron chi connectivity index (χ4n) is 4.56. The van der Waals surface area contributed by atoms with Gasteiger partial charge in [0.1, 0.15) is 6.04 Å². The average Bonchev–Trinajstić information content (AvgIpc) is 3.46. The first-order valence-electron chi connectivity index (χ1n) is 11.2. The summed E-state index contributed by atoms with van der Waals surface area (Å²) in [5.41, 5.74) is 0.849. The fourth-order valence-corrected chi connectivity index (χ4v) is 4.56. The third kappa shape index (κ3) is 6.92. The van der Waals surface area contributed by atoms with E-state index >= 15 is 0 Å². The Balaban J connectivity index is 1.57. The van der Waals surface area contributed by atoms with E-state index in [0.29, 0.717) is 31.8 Å². The number of aromatic nitrogens is 2. The van der Waals surface area contributed by atoms with E-state index in [1.54, 1.807) is 17.4 Å². The number of carbonyl (C=O) groups is 3. The predicted octanol–water partition coefficient (Wildman–Crippen LogP) is 1.54. The van der Waals surface area contributed by atoms with Gasteiger partial charge in [-0.3, -0.25) is 19.7 Å². The molecule has 0 bridgehead atoms. The molecule has 1 aromatic heterocycles. The lowest BCUT2D eigenvalue weighted by Crippen LogP contribution is -2.53. The third-order valence-electron chi connectivity index (χ3n) is 6.14. The van der Waals surface area contributed by atoms with Gasteiger partial charge >= 0.3 is 5.97 Å². The molecule has 9 nitrogen and oxygen atoms in total. The van der Waals surface area contributed by atoms with Crippen LogP contribution in [0, 0.1) is 5.92 Å². The summed E-state index contributed by atoms with van der Waals surface area (Å²) in [5, 5.41) is 14.9. The second-order valence-corrected chi connectivity index (χ2v) is 8.41. The quantitative estimate of drug-likeness (QED) is 0.445. The van der Waals surface area contributed by atoms with Gasteiger partial charge in [0.15, 0.2) is 0 Å². The summed E-state index contributed by atoms with van der Waals surface area (Å²) in [6.45, 7) is 0.627. The lowest BCUT2D eigenvalue weighted by atomic mass is 9.84. The molecular formula is C22H33N5O4. The van der Waals surface area contributed by atoms with Crippen LogP contribution in [0.1, 0.15) is 57.1 Å². The minimum Gasteiger partial charge on any atom is -0.480 e. The molecule has 0 aromatic carbocycles. The van der Waals surface area contributed by atoms with E-state index in [1.165, 1.54) is 6.42 Å². The molecule has 1 aromatic rings. The highest BCUT2D eigenvalue weighted by Gasteiger charge is 2.37. The van der Waals surface area contributed by atoms with Crippen LogP contribution >= 0.6 is 0 Å². The fraction of sp³-hybridized carbons (Fsp3) is 0.636. The maximum absolute atomic E-state index is 13.3. The number of imidazole rings is 1. The highest BCUT2D eigenvalue weighted by Crippen LogP contribution is 2.28. The van der Waals surface area contributed by atoms with Gasteiger partial charge in [0, 0.05) is 13.1 Å². The number of carboxylic acids is 1. The third-order valence-corrected chi connectivity index (χ3v) is 6.14. The lowest BCUT2D eigenvalue weighted by molar-refractivity contribution is -0.141. The maximum atomic E-state index is 13.3. The van der Waals surface area contributed by atoms with Gasteiger partial charge in [-0.25, -0.2) is 4.98 Å². The second kappa shape index (κ2) is 11.6. The smallest absolute Gasteiger partial charge is 0.317 e. The molecule has 2 atom stereocenters. The molecule has 2 amide bonds. The minimum atomic E-state index is -0.985. The number of hydrogen-bond acceptors (Lipinski definition) is 5. The molecule has 4 N–H and O–H groups in total. The number of aliphatic carboxylic acids is 1. The van der Waals surface area contributed by atoms with Crippen molar-refractivity contribution in [2.45, 2.75) is 63.5 Å². The molecule has 3 rings (SSSR count). The number of nitrogens with one attached hydrogen (secondary N) is 3. The molecule has 2 aliphatic rings. The normalized spacial score (nSPS) is 20.8. The highest BCUT2D eigenvalue weighted by atomic mass is 16.4. The van der Waals surface area contributed by atoms with Crippen molar-refractivity contribution in [3.05, 3.63) is 24.3 Å². The van der Waals surface area contributed by atoms with Crippen molar-refractivity contribution in [2.24, 2.45) is 5.92 Å². The summed E-state index contributed by atoms with van der Waals surface area (Å²) < 4.78 is 0. The summed E-state index contributed by atoms with van der Waals surface area (Å²) >= 11 is 0. The van der Waals surface area contributed by atoms with Crippen molar-refractivity contribution in [3.8, 4) is 0 Å². The van der Waals surface area contributed by atoms with E-state index in [9.17, 15) is 14.4 Å². The van der Waals surface area contributed by atoms with E-state index in [0.717, 1.165) is 37.8 Å². The van der Waals surface area contributed by atoms with Gasteiger partial charge < -0.3 is 20.3 Å². The Kier molecular flexibility index (Phi) is 8.63. The molecule has 9 heteroatoms. The molecule has 1 saturated heterocycles. The Labute approximate surface area is 182 Å². The number of H-pyrrole nitrogens is 1. The molecule has 1 aliphatic heterocycles. The first kappa shape index (κ1) is 23.0. The van der Waals surface area contributed by atoms with Crippen LogP contribution in [0.3, 0.4) is 0 Å². The number of amides is 2. The van der Waals surface area contributed by atoms with Crippen LogP contribution in [-0.4, -0.2) is 69.5 Å². The van der Waals surface area contributed by atoms with E-state index in [2.05, 4.69) is 20.6 Å². The number of carboxylic acid groups (broad SMARTS) is 1. The van der Waals surface area contributed by atoms with Crippen molar-refractivity contribution in [1.82, 2.24) is 25.5 Å². The molecule has 2 fully saturated rings. The molecule has 170 valence electrons. The van der Waals surface area contributed by atoms with Gasteiger partial charge in [-0.2, -0.15) is 0 Å². The number of nitrogens with zero attached hydrogens (tertiary/aromatic N) is 2. The molecule has 2 heterocycles. The maximum Gasteiger partial charge on any atom is 0.317 e. The van der Waals surface area contributed by atoms with Crippen LogP contribution in [0.25, 0.3) is 6.08 Å². The lowest BCUT2D eigenvalue weighted by Gasteiger charge is -2.31. The van der Waals surface area contributed by atoms with Crippen LogP contribution in [-0.2, 0) is 14.4 Å². The van der Waals surface area contributed by atoms with Crippen molar-refractivity contribution >= 4 is 23.9 Å². The molecule has 0 unspecified atom stereocenters. The SMILES string of the molecule is O=C(O)CN[C@H](CC1CCCCC1)C(=O)N1CCC[C@H]1C(=O)NC/C=C/c1cnc[nH]1. The van der Waals surface area contributed by atoms with E-state index in [-0.39, 0.29) is 18.4 Å². The van der Waals surface area contributed by atoms with Crippen molar-refractivity contribution in [2.75, 3.05) is 19.6 Å². The van der Waals surface area contributed by atoms with Gasteiger partial charge in [-0.05, 0) is 31.3 Å².